The molecule has 1 aliphatic rings. The fourth-order valence-corrected chi connectivity index (χ4v) is 4.33. The summed E-state index contributed by atoms with van der Waals surface area (Å²) < 4.78 is 10.7. The van der Waals surface area contributed by atoms with E-state index in [9.17, 15) is 0 Å². The van der Waals surface area contributed by atoms with Gasteiger partial charge in [0, 0.05) is 43.7 Å². The van der Waals surface area contributed by atoms with Gasteiger partial charge in [0.25, 0.3) is 0 Å². The maximum Gasteiger partial charge on any atom is 0.142 e. The van der Waals surface area contributed by atoms with E-state index >= 15 is 0 Å². The molecule has 0 unspecified atom stereocenters. The molecule has 28 heavy (non-hydrogen) atoms. The van der Waals surface area contributed by atoms with E-state index in [4.69, 9.17) is 14.5 Å². The van der Waals surface area contributed by atoms with Gasteiger partial charge >= 0.3 is 0 Å². The standard InChI is InChI=1S/C22H25N3O2S/c1-26-19-9-7-17(8-10-19)22-23-18(16-28-22)15-24-11-13-25(14-12-24)20-5-3-4-6-21(20)27-2/h3-10,16H,11-15H2,1-2H3. The molecule has 1 saturated heterocycles. The number of benzene rings is 2. The summed E-state index contributed by atoms with van der Waals surface area (Å²) in [5, 5.41) is 3.23. The Balaban J connectivity index is 1.35. The second-order valence-electron chi connectivity index (χ2n) is 6.81. The van der Waals surface area contributed by atoms with Crippen molar-refractivity contribution in [3.05, 3.63) is 59.6 Å². The van der Waals surface area contributed by atoms with Crippen LogP contribution < -0.4 is 14.4 Å². The van der Waals surface area contributed by atoms with Crippen LogP contribution in [0.3, 0.4) is 0 Å². The Kier molecular flexibility index (Phi) is 5.78. The summed E-state index contributed by atoms with van der Waals surface area (Å²) in [6.07, 6.45) is 0. The molecule has 0 amide bonds. The monoisotopic (exact) mass is 395 g/mol. The molecule has 1 aliphatic heterocycles. The Morgan fingerprint density at radius 2 is 1.68 bits per heavy atom. The van der Waals surface area contributed by atoms with E-state index in [1.807, 2.05) is 24.3 Å². The van der Waals surface area contributed by atoms with Crippen molar-refractivity contribution in [3.8, 4) is 22.1 Å². The molecule has 0 bridgehead atoms. The molecule has 0 atom stereocenters. The third-order valence-corrected chi connectivity index (χ3v) is 6.01. The predicted octanol–water partition coefficient (Wildman–Crippen LogP) is 4.15. The van der Waals surface area contributed by atoms with Crippen LogP contribution in [0.2, 0.25) is 0 Å². The first-order chi connectivity index (χ1) is 13.8. The molecule has 0 spiro atoms. The number of hydrogen-bond donors (Lipinski definition) is 0. The van der Waals surface area contributed by atoms with Crippen LogP contribution >= 0.6 is 11.3 Å². The average Bonchev–Trinajstić information content (AvgIpc) is 3.23. The summed E-state index contributed by atoms with van der Waals surface area (Å²) in [6.45, 7) is 4.93. The highest BCUT2D eigenvalue weighted by Crippen LogP contribution is 2.29. The van der Waals surface area contributed by atoms with Gasteiger partial charge in [-0.15, -0.1) is 11.3 Å². The Bertz CT molecular complexity index is 902. The second kappa shape index (κ2) is 8.63. The lowest BCUT2D eigenvalue weighted by Crippen LogP contribution is -2.46. The SMILES string of the molecule is COc1ccc(-c2nc(CN3CCN(c4ccccc4OC)CC3)cs2)cc1. The van der Waals surface area contributed by atoms with Crippen LogP contribution in [0.5, 0.6) is 11.5 Å². The summed E-state index contributed by atoms with van der Waals surface area (Å²) in [5.74, 6) is 1.81. The van der Waals surface area contributed by atoms with Crippen LogP contribution in [-0.2, 0) is 6.54 Å². The van der Waals surface area contributed by atoms with Crippen molar-refractivity contribution in [2.75, 3.05) is 45.3 Å². The molecule has 6 heteroatoms. The number of nitrogens with zero attached hydrogens (tertiary/aromatic N) is 3. The lowest BCUT2D eigenvalue weighted by atomic mass is 10.2. The van der Waals surface area contributed by atoms with Gasteiger partial charge in [0.05, 0.1) is 25.6 Å². The normalized spacial score (nSPS) is 14.9. The van der Waals surface area contributed by atoms with Crippen molar-refractivity contribution in [1.82, 2.24) is 9.88 Å². The van der Waals surface area contributed by atoms with Crippen LogP contribution in [0.15, 0.2) is 53.9 Å². The zero-order chi connectivity index (χ0) is 19.3. The van der Waals surface area contributed by atoms with Crippen molar-refractivity contribution in [2.45, 2.75) is 6.54 Å². The maximum absolute atomic E-state index is 5.51. The Morgan fingerprint density at radius 3 is 2.39 bits per heavy atom. The smallest absolute Gasteiger partial charge is 0.142 e. The highest BCUT2D eigenvalue weighted by Gasteiger charge is 2.20. The molecular formula is C22H25N3O2S. The number of aromatic nitrogens is 1. The third-order valence-electron chi connectivity index (χ3n) is 5.07. The number of rotatable bonds is 6. The summed E-state index contributed by atoms with van der Waals surface area (Å²) in [7, 11) is 3.42. The summed E-state index contributed by atoms with van der Waals surface area (Å²) in [4.78, 5) is 9.71. The third kappa shape index (κ3) is 4.13. The molecular weight excluding hydrogens is 370 g/mol. The van der Waals surface area contributed by atoms with Crippen LogP contribution in [0, 0.1) is 0 Å². The fourth-order valence-electron chi connectivity index (χ4n) is 3.51. The van der Waals surface area contributed by atoms with Gasteiger partial charge in [0.2, 0.25) is 0 Å². The highest BCUT2D eigenvalue weighted by molar-refractivity contribution is 7.13. The van der Waals surface area contributed by atoms with E-state index in [-0.39, 0.29) is 0 Å². The minimum atomic E-state index is 0.869. The van der Waals surface area contributed by atoms with Gasteiger partial charge in [-0.25, -0.2) is 4.98 Å². The van der Waals surface area contributed by atoms with Crippen LogP contribution in [0.4, 0.5) is 5.69 Å². The molecule has 5 nitrogen and oxygen atoms in total. The maximum atomic E-state index is 5.51. The number of anilines is 1. The number of methoxy groups -OCH3 is 2. The Hall–Kier alpha value is -2.57. The lowest BCUT2D eigenvalue weighted by Gasteiger charge is -2.36. The first kappa shape index (κ1) is 18.8. The molecule has 3 aromatic rings. The minimum absolute atomic E-state index is 0.869. The van der Waals surface area contributed by atoms with Crippen molar-refractivity contribution in [1.29, 1.82) is 0 Å². The Morgan fingerprint density at radius 1 is 0.929 bits per heavy atom. The molecule has 0 N–H and O–H groups in total. The van der Waals surface area contributed by atoms with Gasteiger partial charge < -0.3 is 14.4 Å². The van der Waals surface area contributed by atoms with E-state index in [1.54, 1.807) is 25.6 Å². The number of para-hydroxylation sites is 2. The highest BCUT2D eigenvalue weighted by atomic mass is 32.1. The molecule has 0 aliphatic carbocycles. The predicted molar refractivity (Wildman–Crippen MR) is 115 cm³/mol. The fraction of sp³-hybridized carbons (Fsp3) is 0.318. The molecule has 4 rings (SSSR count). The summed E-state index contributed by atoms with van der Waals surface area (Å²) >= 11 is 1.70. The first-order valence-electron chi connectivity index (χ1n) is 9.46. The molecule has 1 aromatic heterocycles. The van der Waals surface area contributed by atoms with Gasteiger partial charge in [-0.1, -0.05) is 12.1 Å². The molecule has 1 fully saturated rings. The number of thiazole rings is 1. The second-order valence-corrected chi connectivity index (χ2v) is 7.67. The van der Waals surface area contributed by atoms with E-state index < -0.39 is 0 Å². The van der Waals surface area contributed by atoms with Crippen molar-refractivity contribution >= 4 is 17.0 Å². The average molecular weight is 396 g/mol. The van der Waals surface area contributed by atoms with E-state index in [2.05, 4.69) is 39.4 Å². The molecule has 146 valence electrons. The van der Waals surface area contributed by atoms with Gasteiger partial charge in [0.15, 0.2) is 0 Å². The zero-order valence-corrected chi connectivity index (χ0v) is 17.1. The first-order valence-corrected chi connectivity index (χ1v) is 10.3. The minimum Gasteiger partial charge on any atom is -0.497 e. The van der Waals surface area contributed by atoms with Gasteiger partial charge in [-0.3, -0.25) is 4.90 Å². The topological polar surface area (TPSA) is 37.8 Å². The van der Waals surface area contributed by atoms with Crippen LogP contribution in [0.25, 0.3) is 10.6 Å². The summed E-state index contributed by atoms with van der Waals surface area (Å²) in [6, 6.07) is 16.3. The largest absolute Gasteiger partial charge is 0.497 e. The quantitative estimate of drug-likeness (QED) is 0.627. The van der Waals surface area contributed by atoms with Crippen molar-refractivity contribution in [2.24, 2.45) is 0 Å². The Labute approximate surface area is 170 Å². The zero-order valence-electron chi connectivity index (χ0n) is 16.3. The number of piperazine rings is 1. The molecule has 0 saturated carbocycles. The van der Waals surface area contributed by atoms with Gasteiger partial charge in [-0.2, -0.15) is 0 Å². The lowest BCUT2D eigenvalue weighted by molar-refractivity contribution is 0.247. The molecule has 2 heterocycles. The van der Waals surface area contributed by atoms with E-state index in [0.29, 0.717) is 0 Å². The van der Waals surface area contributed by atoms with Gasteiger partial charge in [0.1, 0.15) is 16.5 Å². The molecule has 0 radical (unpaired) electrons. The van der Waals surface area contributed by atoms with Crippen LogP contribution in [0.1, 0.15) is 5.69 Å². The summed E-state index contributed by atoms with van der Waals surface area (Å²) in [5.41, 5.74) is 3.46. The van der Waals surface area contributed by atoms with Crippen LogP contribution in [-0.4, -0.2) is 50.3 Å². The number of hydrogen-bond acceptors (Lipinski definition) is 6. The van der Waals surface area contributed by atoms with Crippen molar-refractivity contribution in [3.63, 3.8) is 0 Å². The van der Waals surface area contributed by atoms with E-state index in [1.165, 1.54) is 5.69 Å². The van der Waals surface area contributed by atoms with Gasteiger partial charge in [-0.05, 0) is 36.4 Å². The number of ether oxygens (including phenoxy) is 2. The van der Waals surface area contributed by atoms with E-state index in [0.717, 1.165) is 60.5 Å². The van der Waals surface area contributed by atoms with Crippen molar-refractivity contribution < 1.29 is 9.47 Å². The molecule has 2 aromatic carbocycles.